The Balaban J connectivity index is 4.41. The van der Waals surface area contributed by atoms with E-state index in [1.807, 2.05) is 0 Å². The van der Waals surface area contributed by atoms with Crippen LogP contribution in [0.15, 0.2) is 0 Å². The van der Waals surface area contributed by atoms with Crippen LogP contribution in [-0.4, -0.2) is 12.9 Å². The molecule has 14 heavy (non-hydrogen) atoms. The Kier molecular flexibility index (Phi) is 4.36. The van der Waals surface area contributed by atoms with Crippen molar-refractivity contribution in [3.8, 4) is 12.1 Å². The number of alkyl halides is 4. The summed E-state index contributed by atoms with van der Waals surface area (Å²) in [4.78, 5) is 0. The van der Waals surface area contributed by atoms with Crippen molar-refractivity contribution in [3.05, 3.63) is 0 Å². The van der Waals surface area contributed by atoms with E-state index in [1.165, 1.54) is 12.1 Å². The smallest absolute Gasteiger partial charge is 0.251 e. The van der Waals surface area contributed by atoms with Crippen LogP contribution in [0, 0.1) is 28.1 Å². The Bertz CT molecular complexity index is 244. The van der Waals surface area contributed by atoms with E-state index in [-0.39, 0.29) is 0 Å². The first-order valence-electron chi connectivity index (χ1n) is 3.84. The quantitative estimate of drug-likeness (QED) is 0.667. The number of rotatable bonds is 4. The first kappa shape index (κ1) is 12.7. The molecular formula is C8H8F4N2. The molecule has 6 heteroatoms. The van der Waals surface area contributed by atoms with Crippen molar-refractivity contribution in [1.29, 1.82) is 10.5 Å². The minimum absolute atomic E-state index is 0.476. The molecule has 0 saturated heterocycles. The van der Waals surface area contributed by atoms with Crippen molar-refractivity contribution in [3.63, 3.8) is 0 Å². The van der Waals surface area contributed by atoms with Crippen LogP contribution < -0.4 is 0 Å². The zero-order chi connectivity index (χ0) is 11.2. The first-order chi connectivity index (χ1) is 6.39. The summed E-state index contributed by atoms with van der Waals surface area (Å²) in [7, 11) is 0. The zero-order valence-corrected chi connectivity index (χ0v) is 7.23. The number of halogens is 4. The molecular weight excluding hydrogens is 200 g/mol. The van der Waals surface area contributed by atoms with Crippen LogP contribution in [0.3, 0.4) is 0 Å². The van der Waals surface area contributed by atoms with Crippen LogP contribution in [0.4, 0.5) is 17.6 Å². The molecule has 0 saturated carbocycles. The molecule has 0 aromatic carbocycles. The van der Waals surface area contributed by atoms with E-state index in [1.54, 1.807) is 0 Å². The maximum Gasteiger partial charge on any atom is 0.389 e. The van der Waals surface area contributed by atoms with Gasteiger partial charge in [-0.25, -0.2) is 0 Å². The van der Waals surface area contributed by atoms with E-state index in [0.717, 1.165) is 0 Å². The number of nitriles is 2. The average molecular weight is 208 g/mol. The average Bonchev–Trinajstić information content (AvgIpc) is 2.11. The van der Waals surface area contributed by atoms with Gasteiger partial charge in [-0.3, -0.25) is 4.39 Å². The highest BCUT2D eigenvalue weighted by atomic mass is 19.4. The van der Waals surface area contributed by atoms with Gasteiger partial charge in [0.25, 0.3) is 0 Å². The number of hydrogen-bond donors (Lipinski definition) is 0. The Labute approximate surface area is 78.7 Å². The summed E-state index contributed by atoms with van der Waals surface area (Å²) in [5, 5.41) is 17.0. The molecule has 78 valence electrons. The van der Waals surface area contributed by atoms with Crippen molar-refractivity contribution in [2.45, 2.75) is 25.4 Å². The van der Waals surface area contributed by atoms with E-state index >= 15 is 0 Å². The standard InChI is InChI=1S/C8H8F4N2/c9-4-3-7(5-13,6-14)1-2-8(10,11)12/h1-4H2. The molecule has 0 amide bonds. The van der Waals surface area contributed by atoms with Crippen molar-refractivity contribution in [1.82, 2.24) is 0 Å². The fourth-order valence-corrected chi connectivity index (χ4v) is 0.890. The molecule has 0 aromatic rings. The van der Waals surface area contributed by atoms with Gasteiger partial charge in [0, 0.05) is 12.8 Å². The fourth-order valence-electron chi connectivity index (χ4n) is 0.890. The van der Waals surface area contributed by atoms with Crippen molar-refractivity contribution < 1.29 is 17.6 Å². The summed E-state index contributed by atoms with van der Waals surface area (Å²) in [5.41, 5.74) is -1.84. The van der Waals surface area contributed by atoms with E-state index in [2.05, 4.69) is 0 Å². The van der Waals surface area contributed by atoms with Crippen LogP contribution in [0.2, 0.25) is 0 Å². The molecule has 0 heterocycles. The molecule has 0 spiro atoms. The molecule has 0 N–H and O–H groups in total. The van der Waals surface area contributed by atoms with Crippen molar-refractivity contribution >= 4 is 0 Å². The fraction of sp³-hybridized carbons (Fsp3) is 0.750. The molecule has 0 radical (unpaired) electrons. The highest BCUT2D eigenvalue weighted by molar-refractivity contribution is 5.13. The summed E-state index contributed by atoms with van der Waals surface area (Å²) >= 11 is 0. The SMILES string of the molecule is N#CC(C#N)(CCF)CCC(F)(F)F. The zero-order valence-electron chi connectivity index (χ0n) is 7.23. The van der Waals surface area contributed by atoms with Crippen molar-refractivity contribution in [2.24, 2.45) is 5.41 Å². The topological polar surface area (TPSA) is 47.6 Å². The van der Waals surface area contributed by atoms with Gasteiger partial charge < -0.3 is 0 Å². The van der Waals surface area contributed by atoms with Gasteiger partial charge >= 0.3 is 6.18 Å². The lowest BCUT2D eigenvalue weighted by Crippen LogP contribution is -2.21. The second-order valence-corrected chi connectivity index (χ2v) is 2.86. The molecule has 0 rings (SSSR count). The monoisotopic (exact) mass is 208 g/mol. The van der Waals surface area contributed by atoms with Gasteiger partial charge in [-0.1, -0.05) is 0 Å². The molecule has 0 unspecified atom stereocenters. The molecule has 0 bridgehead atoms. The predicted molar refractivity (Wildman–Crippen MR) is 39.5 cm³/mol. The van der Waals surface area contributed by atoms with Gasteiger partial charge in [0.05, 0.1) is 18.8 Å². The largest absolute Gasteiger partial charge is 0.389 e. The maximum absolute atomic E-state index is 11.9. The lowest BCUT2D eigenvalue weighted by atomic mass is 9.83. The molecule has 0 aliphatic carbocycles. The molecule has 2 nitrogen and oxygen atoms in total. The minimum atomic E-state index is -4.42. The Morgan fingerprint density at radius 1 is 0.929 bits per heavy atom. The number of nitrogens with zero attached hydrogens (tertiary/aromatic N) is 2. The van der Waals surface area contributed by atoms with Gasteiger partial charge in [0.15, 0.2) is 0 Å². The minimum Gasteiger partial charge on any atom is -0.251 e. The normalized spacial score (nSPS) is 11.9. The summed E-state index contributed by atoms with van der Waals surface area (Å²) < 4.78 is 47.3. The van der Waals surface area contributed by atoms with E-state index < -0.39 is 37.5 Å². The van der Waals surface area contributed by atoms with E-state index in [0.29, 0.717) is 0 Å². The molecule has 0 aromatic heterocycles. The maximum atomic E-state index is 11.9. The van der Waals surface area contributed by atoms with E-state index in [9.17, 15) is 17.6 Å². The van der Waals surface area contributed by atoms with Gasteiger partial charge in [-0.2, -0.15) is 23.7 Å². The Morgan fingerprint density at radius 2 is 1.43 bits per heavy atom. The highest BCUT2D eigenvalue weighted by Gasteiger charge is 2.36. The third-order valence-corrected chi connectivity index (χ3v) is 1.78. The molecule has 0 aliphatic rings. The lowest BCUT2D eigenvalue weighted by Gasteiger charge is -2.17. The third kappa shape index (κ3) is 4.08. The summed E-state index contributed by atoms with van der Waals surface area (Å²) in [5.74, 6) is 0. The van der Waals surface area contributed by atoms with Crippen LogP contribution >= 0.6 is 0 Å². The van der Waals surface area contributed by atoms with Crippen LogP contribution in [0.5, 0.6) is 0 Å². The Morgan fingerprint density at radius 3 is 1.71 bits per heavy atom. The van der Waals surface area contributed by atoms with Gasteiger partial charge in [-0.05, 0) is 6.42 Å². The van der Waals surface area contributed by atoms with Gasteiger partial charge in [-0.15, -0.1) is 0 Å². The summed E-state index contributed by atoms with van der Waals surface area (Å²) in [6.45, 7) is -0.973. The summed E-state index contributed by atoms with van der Waals surface area (Å²) in [6.07, 6.45) is -6.81. The second-order valence-electron chi connectivity index (χ2n) is 2.86. The van der Waals surface area contributed by atoms with Gasteiger partial charge in [0.1, 0.15) is 5.41 Å². The number of hydrogen-bond acceptors (Lipinski definition) is 2. The van der Waals surface area contributed by atoms with E-state index in [4.69, 9.17) is 10.5 Å². The highest BCUT2D eigenvalue weighted by Crippen LogP contribution is 2.32. The molecule has 0 fully saturated rings. The van der Waals surface area contributed by atoms with Crippen LogP contribution in [-0.2, 0) is 0 Å². The van der Waals surface area contributed by atoms with Crippen molar-refractivity contribution in [2.75, 3.05) is 6.67 Å². The van der Waals surface area contributed by atoms with Crippen LogP contribution in [0.25, 0.3) is 0 Å². The second kappa shape index (κ2) is 4.80. The Hall–Kier alpha value is -1.30. The third-order valence-electron chi connectivity index (χ3n) is 1.78. The van der Waals surface area contributed by atoms with Gasteiger partial charge in [0.2, 0.25) is 0 Å². The molecule has 0 aliphatic heterocycles. The molecule has 0 atom stereocenters. The lowest BCUT2D eigenvalue weighted by molar-refractivity contribution is -0.138. The first-order valence-corrected chi connectivity index (χ1v) is 3.84. The summed E-state index contributed by atoms with van der Waals surface area (Å²) in [6, 6.07) is 2.88. The van der Waals surface area contributed by atoms with Crippen LogP contribution in [0.1, 0.15) is 19.3 Å². The predicted octanol–water partition coefficient (Wildman–Crippen LogP) is 2.72.